The van der Waals surface area contributed by atoms with Gasteiger partial charge in [-0.3, -0.25) is 0 Å². The van der Waals surface area contributed by atoms with Gasteiger partial charge in [0.25, 0.3) is 0 Å². The summed E-state index contributed by atoms with van der Waals surface area (Å²) in [6, 6.07) is 10.3. The normalized spacial score (nSPS) is 22.9. The van der Waals surface area contributed by atoms with Gasteiger partial charge in [-0.1, -0.05) is 43.8 Å². The van der Waals surface area contributed by atoms with Gasteiger partial charge in [0, 0.05) is 5.92 Å². The Morgan fingerprint density at radius 2 is 2.00 bits per heavy atom. The maximum atomic E-state index is 11.6. The Kier molecular flexibility index (Phi) is 5.36. The van der Waals surface area contributed by atoms with Crippen LogP contribution in [0.25, 0.3) is 0 Å². The van der Waals surface area contributed by atoms with E-state index in [0.29, 0.717) is 18.1 Å². The van der Waals surface area contributed by atoms with Crippen molar-refractivity contribution >= 4 is 5.97 Å². The van der Waals surface area contributed by atoms with Gasteiger partial charge in [-0.2, -0.15) is 0 Å². The molecule has 1 heterocycles. The molecular formula is C17H22O3. The molecule has 2 unspecified atom stereocenters. The van der Waals surface area contributed by atoms with Gasteiger partial charge in [0.05, 0.1) is 24.9 Å². The zero-order chi connectivity index (χ0) is 14.4. The molecule has 3 heteroatoms. The molecule has 108 valence electrons. The van der Waals surface area contributed by atoms with Crippen molar-refractivity contribution in [2.75, 3.05) is 13.2 Å². The highest BCUT2D eigenvalue weighted by Crippen LogP contribution is 2.26. The summed E-state index contributed by atoms with van der Waals surface area (Å²) in [5.41, 5.74) is 1.67. The summed E-state index contributed by atoms with van der Waals surface area (Å²) in [5.74, 6) is -0.0301. The van der Waals surface area contributed by atoms with Gasteiger partial charge in [-0.05, 0) is 24.8 Å². The van der Waals surface area contributed by atoms with Crippen LogP contribution in [0.4, 0.5) is 0 Å². The number of rotatable bonds is 2. The summed E-state index contributed by atoms with van der Waals surface area (Å²) in [5, 5.41) is 0. The van der Waals surface area contributed by atoms with Gasteiger partial charge in [0.2, 0.25) is 0 Å². The lowest BCUT2D eigenvalue weighted by molar-refractivity contribution is -0.140. The van der Waals surface area contributed by atoms with E-state index in [0.717, 1.165) is 19.3 Å². The summed E-state index contributed by atoms with van der Waals surface area (Å²) in [6.07, 6.45) is 2.96. The minimum absolute atomic E-state index is 0.111. The van der Waals surface area contributed by atoms with E-state index in [4.69, 9.17) is 9.47 Å². The second kappa shape index (κ2) is 7.25. The van der Waals surface area contributed by atoms with Crippen LogP contribution < -0.4 is 0 Å². The lowest BCUT2D eigenvalue weighted by atomic mass is 9.92. The van der Waals surface area contributed by atoms with Crippen LogP contribution in [0, 0.1) is 0 Å². The van der Waals surface area contributed by atoms with Crippen molar-refractivity contribution in [1.29, 1.82) is 0 Å². The quantitative estimate of drug-likeness (QED) is 0.612. The van der Waals surface area contributed by atoms with Crippen molar-refractivity contribution in [3.8, 4) is 0 Å². The van der Waals surface area contributed by atoms with Crippen molar-refractivity contribution in [2.24, 2.45) is 0 Å². The SMILES string of the molecule is C=C1COC(C(C)c2ccccc2)CCCCOC1=O. The first-order chi connectivity index (χ1) is 9.68. The molecule has 1 aliphatic rings. The third kappa shape index (κ3) is 3.94. The predicted molar refractivity (Wildman–Crippen MR) is 78.5 cm³/mol. The van der Waals surface area contributed by atoms with E-state index < -0.39 is 0 Å². The standard InChI is InChI=1S/C17H22O3/c1-13-12-20-16(10-6-7-11-19-17(13)18)14(2)15-8-4-3-5-9-15/h3-5,8-9,14,16H,1,6-7,10-12H2,2H3. The largest absolute Gasteiger partial charge is 0.462 e. The van der Waals surface area contributed by atoms with Crippen molar-refractivity contribution in [1.82, 2.24) is 0 Å². The van der Waals surface area contributed by atoms with Gasteiger partial charge in [-0.25, -0.2) is 4.79 Å². The molecular weight excluding hydrogens is 252 g/mol. The van der Waals surface area contributed by atoms with E-state index >= 15 is 0 Å². The minimum Gasteiger partial charge on any atom is -0.462 e. The summed E-state index contributed by atoms with van der Waals surface area (Å²) >= 11 is 0. The Balaban J connectivity index is 2.04. The average Bonchev–Trinajstić information content (AvgIpc) is 2.49. The van der Waals surface area contributed by atoms with Crippen LogP contribution in [-0.2, 0) is 14.3 Å². The highest BCUT2D eigenvalue weighted by molar-refractivity contribution is 5.87. The summed E-state index contributed by atoms with van der Waals surface area (Å²) < 4.78 is 11.0. The molecule has 1 aromatic carbocycles. The fourth-order valence-corrected chi connectivity index (χ4v) is 2.43. The van der Waals surface area contributed by atoms with Crippen LogP contribution in [0.15, 0.2) is 42.5 Å². The molecule has 0 aliphatic carbocycles. The molecule has 1 fully saturated rings. The van der Waals surface area contributed by atoms with Crippen LogP contribution >= 0.6 is 0 Å². The summed E-state index contributed by atoms with van der Waals surface area (Å²) in [6.45, 7) is 6.64. The first-order valence-corrected chi connectivity index (χ1v) is 7.20. The number of carbonyl (C=O) groups excluding carboxylic acids is 1. The van der Waals surface area contributed by atoms with Gasteiger partial charge in [-0.15, -0.1) is 0 Å². The molecule has 0 bridgehead atoms. The van der Waals surface area contributed by atoms with Crippen LogP contribution in [0.3, 0.4) is 0 Å². The fraction of sp³-hybridized carbons (Fsp3) is 0.471. The highest BCUT2D eigenvalue weighted by atomic mass is 16.5. The Hall–Kier alpha value is -1.61. The molecule has 0 aromatic heterocycles. The first-order valence-electron chi connectivity index (χ1n) is 7.20. The number of hydrogen-bond acceptors (Lipinski definition) is 3. The number of hydrogen-bond donors (Lipinski definition) is 0. The van der Waals surface area contributed by atoms with E-state index in [1.54, 1.807) is 0 Å². The minimum atomic E-state index is -0.335. The molecule has 20 heavy (non-hydrogen) atoms. The molecule has 2 atom stereocenters. The number of esters is 1. The van der Waals surface area contributed by atoms with E-state index in [1.807, 2.05) is 18.2 Å². The smallest absolute Gasteiger partial charge is 0.335 e. The van der Waals surface area contributed by atoms with E-state index in [9.17, 15) is 4.79 Å². The highest BCUT2D eigenvalue weighted by Gasteiger charge is 2.22. The average molecular weight is 274 g/mol. The van der Waals surface area contributed by atoms with Gasteiger partial charge < -0.3 is 9.47 Å². The topological polar surface area (TPSA) is 35.5 Å². The van der Waals surface area contributed by atoms with E-state index in [2.05, 4.69) is 25.6 Å². The molecule has 0 spiro atoms. The second-order valence-electron chi connectivity index (χ2n) is 5.28. The number of cyclic esters (lactones) is 1. The molecule has 2 rings (SSSR count). The van der Waals surface area contributed by atoms with Crippen LogP contribution in [-0.4, -0.2) is 25.3 Å². The third-order valence-electron chi connectivity index (χ3n) is 3.76. The number of benzene rings is 1. The molecule has 1 aliphatic heterocycles. The number of ether oxygens (including phenoxy) is 2. The molecule has 0 saturated carbocycles. The molecule has 1 aromatic rings. The van der Waals surface area contributed by atoms with E-state index in [1.165, 1.54) is 5.56 Å². The monoisotopic (exact) mass is 274 g/mol. The third-order valence-corrected chi connectivity index (χ3v) is 3.76. The van der Waals surface area contributed by atoms with Gasteiger partial charge in [0.1, 0.15) is 0 Å². The molecule has 0 N–H and O–H groups in total. The first kappa shape index (κ1) is 14.8. The fourth-order valence-electron chi connectivity index (χ4n) is 2.43. The zero-order valence-electron chi connectivity index (χ0n) is 12.0. The molecule has 3 nitrogen and oxygen atoms in total. The van der Waals surface area contributed by atoms with Crippen molar-refractivity contribution in [3.05, 3.63) is 48.0 Å². The van der Waals surface area contributed by atoms with Crippen molar-refractivity contribution < 1.29 is 14.3 Å². The Labute approximate surface area is 120 Å². The Morgan fingerprint density at radius 1 is 1.25 bits per heavy atom. The maximum absolute atomic E-state index is 11.6. The summed E-state index contributed by atoms with van der Waals surface area (Å²) in [7, 11) is 0. The van der Waals surface area contributed by atoms with Crippen LogP contribution in [0.5, 0.6) is 0 Å². The lowest BCUT2D eigenvalue weighted by Gasteiger charge is -2.26. The molecule has 0 radical (unpaired) electrons. The Bertz CT molecular complexity index is 453. The lowest BCUT2D eigenvalue weighted by Crippen LogP contribution is -2.25. The molecule has 1 saturated heterocycles. The van der Waals surface area contributed by atoms with E-state index in [-0.39, 0.29) is 18.7 Å². The van der Waals surface area contributed by atoms with Crippen molar-refractivity contribution in [3.63, 3.8) is 0 Å². The van der Waals surface area contributed by atoms with Gasteiger partial charge >= 0.3 is 5.97 Å². The Morgan fingerprint density at radius 3 is 2.75 bits per heavy atom. The second-order valence-corrected chi connectivity index (χ2v) is 5.28. The van der Waals surface area contributed by atoms with Gasteiger partial charge in [0.15, 0.2) is 0 Å². The predicted octanol–water partition coefficient (Wildman–Crippen LogP) is 3.46. The number of carbonyl (C=O) groups is 1. The van der Waals surface area contributed by atoms with Crippen LogP contribution in [0.2, 0.25) is 0 Å². The van der Waals surface area contributed by atoms with Crippen LogP contribution in [0.1, 0.15) is 37.7 Å². The van der Waals surface area contributed by atoms with Crippen molar-refractivity contribution in [2.45, 2.75) is 38.2 Å². The summed E-state index contributed by atoms with van der Waals surface area (Å²) in [4.78, 5) is 11.6. The zero-order valence-corrected chi connectivity index (χ0v) is 12.0. The maximum Gasteiger partial charge on any atom is 0.335 e. The molecule has 0 amide bonds.